The molecule has 0 bridgehead atoms. The van der Waals surface area contributed by atoms with Crippen LogP contribution in [-0.4, -0.2) is 355 Å². The highest BCUT2D eigenvalue weighted by atomic mass is 16.7. The van der Waals surface area contributed by atoms with E-state index in [0.717, 1.165) is 0 Å². The third kappa shape index (κ3) is 29.6. The van der Waals surface area contributed by atoms with Crippen LogP contribution in [0.15, 0.2) is 0 Å². The Morgan fingerprint density at radius 2 is 0.561 bits per heavy atom. The number of aliphatic hydroxyl groups is 12. The number of nitrogens with zero attached hydrogens (tertiary/aromatic N) is 1. The van der Waals surface area contributed by atoms with Gasteiger partial charge >= 0.3 is 0 Å². The molecule has 0 saturated carbocycles. The highest BCUT2D eigenvalue weighted by molar-refractivity contribution is 5.76. The van der Waals surface area contributed by atoms with Gasteiger partial charge in [0.25, 0.3) is 0 Å². The first-order valence-electron chi connectivity index (χ1n) is 27.1. The minimum Gasteiger partial charge on any atom is -0.394 e. The van der Waals surface area contributed by atoms with Crippen molar-refractivity contribution in [3.63, 3.8) is 0 Å². The molecule has 15 atom stereocenters. The molecule has 0 aliphatic carbocycles. The fraction of sp³-hybridized carbons (Fsp3) is 0.938. The van der Waals surface area contributed by atoms with E-state index in [1.165, 1.54) is 0 Å². The molecule has 3 heterocycles. The molecule has 482 valence electrons. The molecule has 8 unspecified atom stereocenters. The third-order valence-electron chi connectivity index (χ3n) is 12.1. The smallest absolute Gasteiger partial charge is 0.222 e. The molecule has 82 heavy (non-hydrogen) atoms. The molecule has 3 aliphatic rings. The van der Waals surface area contributed by atoms with Crippen molar-refractivity contribution in [3.05, 3.63) is 0 Å². The lowest BCUT2D eigenvalue weighted by atomic mass is 9.99. The Morgan fingerprint density at radius 3 is 0.817 bits per heavy atom. The highest BCUT2D eigenvalue weighted by Gasteiger charge is 2.46. The second-order valence-electron chi connectivity index (χ2n) is 18.5. The fourth-order valence-corrected chi connectivity index (χ4v) is 7.49. The number of aliphatic hydroxyl groups excluding tert-OH is 12. The number of hydrogen-bond donors (Lipinski definition) is 15. The first-order valence-corrected chi connectivity index (χ1v) is 27.1. The van der Waals surface area contributed by atoms with Gasteiger partial charge in [0.1, 0.15) is 93.4 Å². The lowest BCUT2D eigenvalue weighted by Crippen LogP contribution is -2.59. The molecule has 0 aromatic rings. The number of carbonyl (C=O) groups excluding carboxylic acids is 3. The zero-order valence-electron chi connectivity index (χ0n) is 46.0. The van der Waals surface area contributed by atoms with E-state index in [0.29, 0.717) is 0 Å². The van der Waals surface area contributed by atoms with Gasteiger partial charge in [-0.1, -0.05) is 0 Å². The van der Waals surface area contributed by atoms with Crippen LogP contribution in [0.4, 0.5) is 0 Å². The Kier molecular flexibility index (Phi) is 40.1. The Morgan fingerprint density at radius 1 is 0.317 bits per heavy atom. The van der Waals surface area contributed by atoms with Crippen LogP contribution in [0.2, 0.25) is 0 Å². The van der Waals surface area contributed by atoms with Crippen LogP contribution >= 0.6 is 0 Å². The maximum atomic E-state index is 12.4. The van der Waals surface area contributed by atoms with Crippen molar-refractivity contribution in [1.29, 1.82) is 0 Å². The number of carbonyl (C=O) groups is 3. The van der Waals surface area contributed by atoms with Crippen LogP contribution in [0.5, 0.6) is 0 Å². The molecule has 3 fully saturated rings. The van der Waals surface area contributed by atoms with Gasteiger partial charge in [0.15, 0.2) is 18.9 Å². The van der Waals surface area contributed by atoms with Crippen molar-refractivity contribution in [2.45, 2.75) is 111 Å². The molecule has 34 nitrogen and oxygen atoms in total. The molecule has 3 saturated heterocycles. The van der Waals surface area contributed by atoms with Crippen molar-refractivity contribution in [3.8, 4) is 0 Å². The number of nitrogens with one attached hydrogen (secondary N) is 3. The van der Waals surface area contributed by atoms with E-state index in [1.54, 1.807) is 4.90 Å². The Bertz CT molecular complexity index is 1460. The van der Waals surface area contributed by atoms with Gasteiger partial charge in [-0.3, -0.25) is 14.4 Å². The molecule has 0 aromatic carbocycles. The molecular weight excluding hydrogens is 1110 g/mol. The fourth-order valence-electron chi connectivity index (χ4n) is 7.49. The van der Waals surface area contributed by atoms with E-state index in [1.807, 2.05) is 0 Å². The highest BCUT2D eigenvalue weighted by Crippen LogP contribution is 2.24. The Labute approximate surface area is 474 Å². The van der Waals surface area contributed by atoms with E-state index in [4.69, 9.17) is 71.1 Å². The summed E-state index contributed by atoms with van der Waals surface area (Å²) < 4.78 is 81.5. The lowest BCUT2D eigenvalue weighted by molar-refractivity contribution is -0.302. The molecule has 0 spiro atoms. The van der Waals surface area contributed by atoms with Crippen LogP contribution in [0, 0.1) is 0 Å². The van der Waals surface area contributed by atoms with Gasteiger partial charge in [0.05, 0.1) is 158 Å². The van der Waals surface area contributed by atoms with E-state index in [9.17, 15) is 75.7 Å². The Hall–Kier alpha value is -2.71. The molecule has 15 N–H and O–H groups in total. The first kappa shape index (κ1) is 73.5. The van der Waals surface area contributed by atoms with Crippen molar-refractivity contribution in [1.82, 2.24) is 20.9 Å². The number of amides is 3. The van der Waals surface area contributed by atoms with Crippen LogP contribution in [-0.2, 0) is 85.4 Å². The number of ether oxygens (including phenoxy) is 15. The zero-order chi connectivity index (χ0) is 59.9. The van der Waals surface area contributed by atoms with E-state index >= 15 is 0 Å². The second-order valence-corrected chi connectivity index (χ2v) is 18.5. The molecule has 0 radical (unpaired) electrons. The summed E-state index contributed by atoms with van der Waals surface area (Å²) in [6, 6.07) is 0. The summed E-state index contributed by atoms with van der Waals surface area (Å²) in [5.74, 6) is -0.889. The molecular formula is C48H90N4O30. The summed E-state index contributed by atoms with van der Waals surface area (Å²) in [5.41, 5.74) is 0. The maximum absolute atomic E-state index is 12.4. The summed E-state index contributed by atoms with van der Waals surface area (Å²) in [4.78, 5) is 38.8. The Balaban J connectivity index is 1.24. The molecule has 3 rings (SSSR count). The van der Waals surface area contributed by atoms with Gasteiger partial charge in [-0.2, -0.15) is 0 Å². The maximum Gasteiger partial charge on any atom is 0.222 e. The number of rotatable bonds is 48. The average Bonchev–Trinajstić information content (AvgIpc) is 3.68. The van der Waals surface area contributed by atoms with E-state index in [-0.39, 0.29) is 196 Å². The van der Waals surface area contributed by atoms with Gasteiger partial charge in [0, 0.05) is 19.6 Å². The largest absolute Gasteiger partial charge is 0.394 e. The predicted octanol–water partition coefficient (Wildman–Crippen LogP) is -9.72. The first-order chi connectivity index (χ1) is 39.6. The average molecular weight is 1200 g/mol. The standard InChI is InChI=1S/C48H90N4O30/c53-25-31-37(59)40(62)43(65)46(80-31)77-22-19-71-16-13-68-10-4-49-34(56)1-7-74-28-52(29-75-8-2-35(57)50-5-11-69-14-17-72-20-23-78-47-44(66)41(63)38(60)32(26-54)81-47)30-76-9-3-36(58)51-6-12-70-15-18-73-21-24-79-48-45(67)42(64)39(61)33(27-55)82-48/h31-33,37-48,53-55,59-67H,1-30H2,(H,49,56)(H,50,57)(H,51,58)/t31?,32?,33?,37-,38-,39-,40+,41?,42?,43?,44?,45?,46+,47+,48+/m1/s1. The molecule has 3 aliphatic heterocycles. The SMILES string of the molecule is O=C(CCOCN(COCCC(=O)NCCOCCOCCO[C@H]1OC(CO)[C@@H](O)C(O)C1O)COCCC(=O)NCCOCCOCCO[C@H]1OC(CO)[C@@H](O)[C@H](O)C1O)NCCOCCOCCO[C@H]1OC(CO)[C@@H](O)C(O)C1O. The van der Waals surface area contributed by atoms with E-state index < -0.39 is 112 Å². The zero-order valence-corrected chi connectivity index (χ0v) is 46.0. The normalized spacial score (nSPS) is 28.6. The minimum absolute atomic E-state index is 0.0122. The van der Waals surface area contributed by atoms with Crippen molar-refractivity contribution in [2.24, 2.45) is 0 Å². The molecule has 0 aromatic heterocycles. The van der Waals surface area contributed by atoms with E-state index in [2.05, 4.69) is 16.0 Å². The van der Waals surface area contributed by atoms with Gasteiger partial charge in [-0.05, 0) is 0 Å². The summed E-state index contributed by atoms with van der Waals surface area (Å²) in [7, 11) is 0. The van der Waals surface area contributed by atoms with Gasteiger partial charge in [-0.25, -0.2) is 4.90 Å². The minimum atomic E-state index is -1.55. The van der Waals surface area contributed by atoms with Gasteiger partial charge < -0.3 is 148 Å². The van der Waals surface area contributed by atoms with Crippen molar-refractivity contribution in [2.75, 3.05) is 179 Å². The van der Waals surface area contributed by atoms with Gasteiger partial charge in [0.2, 0.25) is 17.7 Å². The van der Waals surface area contributed by atoms with Gasteiger partial charge in [-0.15, -0.1) is 0 Å². The van der Waals surface area contributed by atoms with Crippen LogP contribution in [0.3, 0.4) is 0 Å². The summed E-state index contributed by atoms with van der Waals surface area (Å²) >= 11 is 0. The van der Waals surface area contributed by atoms with Crippen LogP contribution in [0.1, 0.15) is 19.3 Å². The summed E-state index contributed by atoms with van der Waals surface area (Å²) in [5, 5.41) is 125. The molecule has 34 heteroatoms. The summed E-state index contributed by atoms with van der Waals surface area (Å²) in [6.07, 6.45) is -20.6. The van der Waals surface area contributed by atoms with Crippen LogP contribution < -0.4 is 16.0 Å². The third-order valence-corrected chi connectivity index (χ3v) is 12.1. The second kappa shape index (κ2) is 44.7. The molecule has 3 amide bonds. The topological polar surface area (TPSA) is 472 Å². The van der Waals surface area contributed by atoms with Crippen LogP contribution in [0.25, 0.3) is 0 Å². The summed E-state index contributed by atoms with van der Waals surface area (Å²) in [6.45, 7) is 1.00. The van der Waals surface area contributed by atoms with Crippen molar-refractivity contribution < 1.29 is 147 Å². The monoisotopic (exact) mass is 1200 g/mol. The lowest BCUT2D eigenvalue weighted by Gasteiger charge is -2.39. The van der Waals surface area contributed by atoms with Crippen molar-refractivity contribution >= 4 is 17.7 Å². The predicted molar refractivity (Wildman–Crippen MR) is 271 cm³/mol. The number of hydrogen-bond acceptors (Lipinski definition) is 31. The quantitative estimate of drug-likeness (QED) is 0.0199.